The number of hydrogen-bond acceptors (Lipinski definition) is 4. The van der Waals surface area contributed by atoms with Gasteiger partial charge < -0.3 is 14.4 Å². The fourth-order valence-electron chi connectivity index (χ4n) is 2.80. The Morgan fingerprint density at radius 1 is 1.09 bits per heavy atom. The third-order valence-electron chi connectivity index (χ3n) is 3.87. The molecule has 0 saturated carbocycles. The quantitative estimate of drug-likeness (QED) is 0.808. The SMILES string of the molecule is COC(OC)c1ccc2c(n1)N(c1ccc(F)cc1)CCC2. The van der Waals surface area contributed by atoms with Crippen LogP contribution in [-0.4, -0.2) is 25.7 Å². The maximum Gasteiger partial charge on any atom is 0.200 e. The van der Waals surface area contributed by atoms with Crippen molar-refractivity contribution in [3.05, 3.63) is 53.5 Å². The van der Waals surface area contributed by atoms with Gasteiger partial charge in [0, 0.05) is 26.5 Å². The van der Waals surface area contributed by atoms with Gasteiger partial charge in [0.15, 0.2) is 0 Å². The summed E-state index contributed by atoms with van der Waals surface area (Å²) in [5, 5.41) is 0. The number of ether oxygens (including phenoxy) is 2. The molecule has 0 N–H and O–H groups in total. The Bertz CT molecular complexity index is 642. The zero-order valence-corrected chi connectivity index (χ0v) is 12.8. The smallest absolute Gasteiger partial charge is 0.200 e. The van der Waals surface area contributed by atoms with Crippen molar-refractivity contribution >= 4 is 11.5 Å². The van der Waals surface area contributed by atoms with Crippen molar-refractivity contribution in [1.82, 2.24) is 4.98 Å². The fraction of sp³-hybridized carbons (Fsp3) is 0.353. The molecule has 1 aromatic heterocycles. The summed E-state index contributed by atoms with van der Waals surface area (Å²) in [6.45, 7) is 0.861. The molecule has 0 atom stereocenters. The van der Waals surface area contributed by atoms with Crippen molar-refractivity contribution in [3.63, 3.8) is 0 Å². The van der Waals surface area contributed by atoms with Gasteiger partial charge in [0.1, 0.15) is 11.6 Å². The molecule has 0 fully saturated rings. The van der Waals surface area contributed by atoms with Gasteiger partial charge in [-0.3, -0.25) is 0 Å². The summed E-state index contributed by atoms with van der Waals surface area (Å²) in [5.74, 6) is 0.663. The number of nitrogens with zero attached hydrogens (tertiary/aromatic N) is 2. The first-order valence-corrected chi connectivity index (χ1v) is 7.31. The Kier molecular flexibility index (Phi) is 4.36. The van der Waals surface area contributed by atoms with Crippen LogP contribution in [0.25, 0.3) is 0 Å². The van der Waals surface area contributed by atoms with Crippen molar-refractivity contribution in [2.75, 3.05) is 25.7 Å². The lowest BCUT2D eigenvalue weighted by Crippen LogP contribution is -2.26. The predicted octanol–water partition coefficient (Wildman–Crippen LogP) is 3.60. The summed E-state index contributed by atoms with van der Waals surface area (Å²) in [7, 11) is 3.18. The zero-order chi connectivity index (χ0) is 15.5. The normalized spacial score (nSPS) is 14.3. The van der Waals surface area contributed by atoms with Crippen LogP contribution >= 0.6 is 0 Å². The van der Waals surface area contributed by atoms with Crippen molar-refractivity contribution in [2.45, 2.75) is 19.1 Å². The van der Waals surface area contributed by atoms with Crippen molar-refractivity contribution in [3.8, 4) is 0 Å². The first kappa shape index (κ1) is 14.9. The molecule has 22 heavy (non-hydrogen) atoms. The highest BCUT2D eigenvalue weighted by Crippen LogP contribution is 2.33. The maximum absolute atomic E-state index is 13.1. The van der Waals surface area contributed by atoms with E-state index in [9.17, 15) is 4.39 Å². The summed E-state index contributed by atoms with van der Waals surface area (Å²) < 4.78 is 23.7. The van der Waals surface area contributed by atoms with E-state index in [1.54, 1.807) is 26.4 Å². The molecule has 4 nitrogen and oxygen atoms in total. The Morgan fingerprint density at radius 3 is 2.50 bits per heavy atom. The van der Waals surface area contributed by atoms with Crippen LogP contribution in [0.1, 0.15) is 24.0 Å². The molecule has 0 amide bonds. The van der Waals surface area contributed by atoms with E-state index in [-0.39, 0.29) is 5.82 Å². The van der Waals surface area contributed by atoms with Gasteiger partial charge in [-0.05, 0) is 48.7 Å². The van der Waals surface area contributed by atoms with Crippen LogP contribution in [-0.2, 0) is 15.9 Å². The molecule has 1 aliphatic rings. The highest BCUT2D eigenvalue weighted by Gasteiger charge is 2.22. The van der Waals surface area contributed by atoms with E-state index < -0.39 is 6.29 Å². The molecular weight excluding hydrogens is 283 g/mol. The van der Waals surface area contributed by atoms with Gasteiger partial charge in [-0.15, -0.1) is 0 Å². The number of halogens is 1. The topological polar surface area (TPSA) is 34.6 Å². The molecule has 116 valence electrons. The summed E-state index contributed by atoms with van der Waals surface area (Å²) in [6.07, 6.45) is 1.55. The predicted molar refractivity (Wildman–Crippen MR) is 82.7 cm³/mol. The van der Waals surface area contributed by atoms with Gasteiger partial charge in [-0.1, -0.05) is 6.07 Å². The van der Waals surface area contributed by atoms with Gasteiger partial charge in [0.05, 0.1) is 5.69 Å². The number of aryl methyl sites for hydroxylation is 1. The lowest BCUT2D eigenvalue weighted by atomic mass is 10.0. The molecule has 1 aromatic carbocycles. The number of benzene rings is 1. The van der Waals surface area contributed by atoms with E-state index in [1.807, 2.05) is 6.07 Å². The lowest BCUT2D eigenvalue weighted by Gasteiger charge is -2.31. The molecular formula is C17H19FN2O2. The van der Waals surface area contributed by atoms with Gasteiger partial charge in [-0.2, -0.15) is 0 Å². The summed E-state index contributed by atoms with van der Waals surface area (Å²) in [4.78, 5) is 6.83. The van der Waals surface area contributed by atoms with E-state index in [2.05, 4.69) is 11.0 Å². The minimum atomic E-state index is -0.484. The molecule has 0 unspecified atom stereocenters. The third-order valence-corrected chi connectivity index (χ3v) is 3.87. The minimum absolute atomic E-state index is 0.235. The van der Waals surface area contributed by atoms with Crippen molar-refractivity contribution < 1.29 is 13.9 Å². The van der Waals surface area contributed by atoms with Crippen LogP contribution in [0.4, 0.5) is 15.9 Å². The fourth-order valence-corrected chi connectivity index (χ4v) is 2.80. The van der Waals surface area contributed by atoms with Crippen molar-refractivity contribution in [2.24, 2.45) is 0 Å². The van der Waals surface area contributed by atoms with Gasteiger partial charge in [-0.25, -0.2) is 9.37 Å². The molecule has 1 aliphatic heterocycles. The minimum Gasteiger partial charge on any atom is -0.350 e. The van der Waals surface area contributed by atoms with Crippen LogP contribution in [0, 0.1) is 5.82 Å². The Balaban J connectivity index is 2.00. The second kappa shape index (κ2) is 6.42. The number of anilines is 2. The first-order chi connectivity index (χ1) is 10.7. The second-order valence-corrected chi connectivity index (χ2v) is 5.25. The molecule has 0 aliphatic carbocycles. The molecule has 0 radical (unpaired) electrons. The molecule has 0 spiro atoms. The highest BCUT2D eigenvalue weighted by molar-refractivity contribution is 5.64. The van der Waals surface area contributed by atoms with Gasteiger partial charge in [0.25, 0.3) is 0 Å². The van der Waals surface area contributed by atoms with Crippen molar-refractivity contribution in [1.29, 1.82) is 0 Å². The van der Waals surface area contributed by atoms with E-state index in [0.717, 1.165) is 36.6 Å². The van der Waals surface area contributed by atoms with Crippen LogP contribution in [0.2, 0.25) is 0 Å². The lowest BCUT2D eigenvalue weighted by molar-refractivity contribution is -0.108. The number of fused-ring (bicyclic) bond motifs is 1. The average molecular weight is 302 g/mol. The number of pyridine rings is 1. The maximum atomic E-state index is 13.1. The Labute approximate surface area is 129 Å². The standard InChI is InChI=1S/C17H19FN2O2/c1-21-17(22-2)15-10-5-12-4-3-11-20(16(12)19-15)14-8-6-13(18)7-9-14/h5-10,17H,3-4,11H2,1-2H3. The van der Waals surface area contributed by atoms with Crippen LogP contribution < -0.4 is 4.90 Å². The highest BCUT2D eigenvalue weighted by atomic mass is 19.1. The summed E-state index contributed by atoms with van der Waals surface area (Å²) in [5.41, 5.74) is 2.86. The Hall–Kier alpha value is -1.98. The number of hydrogen-bond donors (Lipinski definition) is 0. The van der Waals surface area contributed by atoms with E-state index >= 15 is 0 Å². The Morgan fingerprint density at radius 2 is 1.82 bits per heavy atom. The van der Waals surface area contributed by atoms with Crippen LogP contribution in [0.3, 0.4) is 0 Å². The largest absolute Gasteiger partial charge is 0.350 e. The molecule has 0 bridgehead atoms. The zero-order valence-electron chi connectivity index (χ0n) is 12.8. The number of methoxy groups -OCH3 is 2. The summed E-state index contributed by atoms with van der Waals surface area (Å²) in [6, 6.07) is 10.5. The molecule has 2 heterocycles. The van der Waals surface area contributed by atoms with Gasteiger partial charge >= 0.3 is 0 Å². The molecule has 3 rings (SSSR count). The van der Waals surface area contributed by atoms with E-state index in [1.165, 1.54) is 17.7 Å². The first-order valence-electron chi connectivity index (χ1n) is 7.31. The van der Waals surface area contributed by atoms with Crippen LogP contribution in [0.5, 0.6) is 0 Å². The van der Waals surface area contributed by atoms with E-state index in [4.69, 9.17) is 14.5 Å². The number of rotatable bonds is 4. The molecule has 0 saturated heterocycles. The third kappa shape index (κ3) is 2.82. The molecule has 5 heteroatoms. The monoisotopic (exact) mass is 302 g/mol. The summed E-state index contributed by atoms with van der Waals surface area (Å²) >= 11 is 0. The van der Waals surface area contributed by atoms with E-state index in [0.29, 0.717) is 0 Å². The molecule has 2 aromatic rings. The number of aromatic nitrogens is 1. The van der Waals surface area contributed by atoms with Crippen LogP contribution in [0.15, 0.2) is 36.4 Å². The van der Waals surface area contributed by atoms with Gasteiger partial charge in [0.2, 0.25) is 6.29 Å². The second-order valence-electron chi connectivity index (χ2n) is 5.25. The average Bonchev–Trinajstić information content (AvgIpc) is 2.56.